The molecule has 0 saturated carbocycles. The van der Waals surface area contributed by atoms with Gasteiger partial charge in [-0.05, 0) is 37.8 Å². The molecule has 3 nitrogen and oxygen atoms in total. The van der Waals surface area contributed by atoms with Gasteiger partial charge in [-0.25, -0.2) is 0 Å². The predicted molar refractivity (Wildman–Crippen MR) is 60.4 cm³/mol. The SMILES string of the molecule is C=C(C)CCC(NCC)c1cnns1. The van der Waals surface area contributed by atoms with Crippen LogP contribution in [-0.2, 0) is 0 Å². The van der Waals surface area contributed by atoms with E-state index >= 15 is 0 Å². The molecule has 1 N–H and O–H groups in total. The first kappa shape index (κ1) is 11.3. The Morgan fingerprint density at radius 3 is 3.00 bits per heavy atom. The molecule has 0 aliphatic rings. The molecule has 0 spiro atoms. The largest absolute Gasteiger partial charge is 0.309 e. The van der Waals surface area contributed by atoms with Crippen molar-refractivity contribution in [3.05, 3.63) is 23.2 Å². The van der Waals surface area contributed by atoms with Crippen molar-refractivity contribution in [1.29, 1.82) is 0 Å². The molecule has 0 fully saturated rings. The first-order valence-electron chi connectivity index (χ1n) is 4.89. The summed E-state index contributed by atoms with van der Waals surface area (Å²) in [5.74, 6) is 0. The maximum Gasteiger partial charge on any atom is 0.0669 e. The fourth-order valence-electron chi connectivity index (χ4n) is 1.31. The van der Waals surface area contributed by atoms with Gasteiger partial charge in [-0.3, -0.25) is 0 Å². The summed E-state index contributed by atoms with van der Waals surface area (Å²) < 4.78 is 3.88. The molecule has 0 bridgehead atoms. The molecule has 0 aliphatic heterocycles. The van der Waals surface area contributed by atoms with Crippen molar-refractivity contribution in [1.82, 2.24) is 14.9 Å². The van der Waals surface area contributed by atoms with Crippen molar-refractivity contribution in [3.8, 4) is 0 Å². The number of nitrogens with one attached hydrogen (secondary N) is 1. The summed E-state index contributed by atoms with van der Waals surface area (Å²) >= 11 is 1.47. The second-order valence-corrected chi connectivity index (χ2v) is 4.24. The molecule has 14 heavy (non-hydrogen) atoms. The lowest BCUT2D eigenvalue weighted by molar-refractivity contribution is 0.521. The van der Waals surface area contributed by atoms with E-state index in [-0.39, 0.29) is 0 Å². The Balaban J connectivity index is 2.51. The van der Waals surface area contributed by atoms with E-state index in [0.717, 1.165) is 19.4 Å². The molecule has 0 amide bonds. The van der Waals surface area contributed by atoms with Gasteiger partial charge in [0, 0.05) is 6.04 Å². The average molecular weight is 211 g/mol. The maximum absolute atomic E-state index is 3.91. The van der Waals surface area contributed by atoms with Crippen LogP contribution in [-0.4, -0.2) is 16.1 Å². The number of hydrogen-bond donors (Lipinski definition) is 1. The molecule has 1 atom stereocenters. The van der Waals surface area contributed by atoms with E-state index in [4.69, 9.17) is 0 Å². The van der Waals surface area contributed by atoms with Gasteiger partial charge < -0.3 is 5.32 Å². The number of aromatic nitrogens is 2. The van der Waals surface area contributed by atoms with Gasteiger partial charge in [0.1, 0.15) is 0 Å². The van der Waals surface area contributed by atoms with E-state index in [2.05, 4.69) is 35.3 Å². The zero-order chi connectivity index (χ0) is 10.4. The zero-order valence-corrected chi connectivity index (χ0v) is 9.60. The Bertz CT molecular complexity index is 269. The molecular formula is C10H17N3S. The van der Waals surface area contributed by atoms with E-state index < -0.39 is 0 Å². The van der Waals surface area contributed by atoms with Crippen LogP contribution < -0.4 is 5.32 Å². The Morgan fingerprint density at radius 2 is 2.50 bits per heavy atom. The van der Waals surface area contributed by atoms with E-state index in [1.165, 1.54) is 22.0 Å². The van der Waals surface area contributed by atoms with Gasteiger partial charge in [0.05, 0.1) is 11.1 Å². The minimum Gasteiger partial charge on any atom is -0.309 e. The molecule has 0 aliphatic carbocycles. The van der Waals surface area contributed by atoms with Gasteiger partial charge in [-0.1, -0.05) is 17.0 Å². The monoisotopic (exact) mass is 211 g/mol. The molecule has 0 saturated heterocycles. The molecule has 0 radical (unpaired) electrons. The Hall–Kier alpha value is -0.740. The van der Waals surface area contributed by atoms with E-state index in [1.54, 1.807) is 0 Å². The Morgan fingerprint density at radius 1 is 1.71 bits per heavy atom. The molecule has 0 aromatic carbocycles. The van der Waals surface area contributed by atoms with Crippen LogP contribution in [0.2, 0.25) is 0 Å². The number of nitrogens with zero attached hydrogens (tertiary/aromatic N) is 2. The van der Waals surface area contributed by atoms with Crippen molar-refractivity contribution in [2.75, 3.05) is 6.54 Å². The minimum absolute atomic E-state index is 0.386. The average Bonchev–Trinajstić information content (AvgIpc) is 2.64. The van der Waals surface area contributed by atoms with Crippen LogP contribution in [0.4, 0.5) is 0 Å². The van der Waals surface area contributed by atoms with Gasteiger partial charge in [0.25, 0.3) is 0 Å². The van der Waals surface area contributed by atoms with E-state index in [0.29, 0.717) is 6.04 Å². The van der Waals surface area contributed by atoms with Gasteiger partial charge in [0.15, 0.2) is 0 Å². The van der Waals surface area contributed by atoms with Gasteiger partial charge in [-0.2, -0.15) is 0 Å². The Kier molecular flexibility index (Phi) is 4.76. The highest BCUT2D eigenvalue weighted by molar-refractivity contribution is 7.05. The first-order chi connectivity index (χ1) is 6.74. The fraction of sp³-hybridized carbons (Fsp3) is 0.600. The third kappa shape index (κ3) is 3.55. The molecule has 1 aromatic heterocycles. The third-order valence-electron chi connectivity index (χ3n) is 2.03. The highest BCUT2D eigenvalue weighted by atomic mass is 32.1. The summed E-state index contributed by atoms with van der Waals surface area (Å²) in [5.41, 5.74) is 1.23. The zero-order valence-electron chi connectivity index (χ0n) is 8.79. The quantitative estimate of drug-likeness (QED) is 0.735. The lowest BCUT2D eigenvalue weighted by atomic mass is 10.1. The van der Waals surface area contributed by atoms with Crippen LogP contribution in [0.1, 0.15) is 37.6 Å². The lowest BCUT2D eigenvalue weighted by Crippen LogP contribution is -2.19. The summed E-state index contributed by atoms with van der Waals surface area (Å²) in [7, 11) is 0. The van der Waals surface area contributed by atoms with Crippen molar-refractivity contribution in [2.45, 2.75) is 32.7 Å². The maximum atomic E-state index is 3.91. The smallest absolute Gasteiger partial charge is 0.0669 e. The van der Waals surface area contributed by atoms with Crippen LogP contribution in [0.15, 0.2) is 18.3 Å². The second kappa shape index (κ2) is 5.88. The highest BCUT2D eigenvalue weighted by Gasteiger charge is 2.11. The third-order valence-corrected chi connectivity index (χ3v) is 2.81. The normalized spacial score (nSPS) is 12.7. The van der Waals surface area contributed by atoms with Crippen LogP contribution in [0.3, 0.4) is 0 Å². The summed E-state index contributed by atoms with van der Waals surface area (Å²) in [6, 6.07) is 0.386. The molecule has 1 rings (SSSR count). The molecule has 1 unspecified atom stereocenters. The minimum atomic E-state index is 0.386. The predicted octanol–water partition coefficient (Wildman–Crippen LogP) is 2.55. The first-order valence-corrected chi connectivity index (χ1v) is 5.66. The van der Waals surface area contributed by atoms with Crippen LogP contribution in [0, 0.1) is 0 Å². The second-order valence-electron chi connectivity index (χ2n) is 3.43. The van der Waals surface area contributed by atoms with Crippen molar-refractivity contribution in [2.24, 2.45) is 0 Å². The van der Waals surface area contributed by atoms with Crippen LogP contribution in [0.5, 0.6) is 0 Å². The molecule has 1 heterocycles. The summed E-state index contributed by atoms with van der Waals surface area (Å²) in [4.78, 5) is 1.22. The summed E-state index contributed by atoms with van der Waals surface area (Å²) in [6.45, 7) is 9.06. The summed E-state index contributed by atoms with van der Waals surface area (Å²) in [5, 5.41) is 7.29. The van der Waals surface area contributed by atoms with E-state index in [9.17, 15) is 0 Å². The van der Waals surface area contributed by atoms with Gasteiger partial charge in [0.2, 0.25) is 0 Å². The lowest BCUT2D eigenvalue weighted by Gasteiger charge is -2.14. The molecule has 4 heteroatoms. The number of allylic oxidation sites excluding steroid dienone is 1. The summed E-state index contributed by atoms with van der Waals surface area (Å²) in [6.07, 6.45) is 3.97. The topological polar surface area (TPSA) is 37.8 Å². The fourth-order valence-corrected chi connectivity index (χ4v) is 1.92. The van der Waals surface area contributed by atoms with Crippen LogP contribution in [0.25, 0.3) is 0 Å². The molecular weight excluding hydrogens is 194 g/mol. The van der Waals surface area contributed by atoms with Gasteiger partial charge in [-0.15, -0.1) is 11.7 Å². The van der Waals surface area contributed by atoms with Crippen LogP contribution >= 0.6 is 11.5 Å². The van der Waals surface area contributed by atoms with Crippen molar-refractivity contribution in [3.63, 3.8) is 0 Å². The van der Waals surface area contributed by atoms with Crippen molar-refractivity contribution < 1.29 is 0 Å². The van der Waals surface area contributed by atoms with E-state index in [1.807, 2.05) is 6.20 Å². The van der Waals surface area contributed by atoms with Gasteiger partial charge >= 0.3 is 0 Å². The van der Waals surface area contributed by atoms with Crippen molar-refractivity contribution >= 4 is 11.5 Å². The number of rotatable bonds is 6. The Labute approximate surface area is 89.4 Å². The molecule has 78 valence electrons. The molecule has 1 aromatic rings. The number of hydrogen-bond acceptors (Lipinski definition) is 4. The standard InChI is InChI=1S/C10H17N3S/c1-4-11-9(6-5-8(2)3)10-7-12-13-14-10/h7,9,11H,2,4-6H2,1,3H3. The highest BCUT2D eigenvalue weighted by Crippen LogP contribution is 2.21.